The molecule has 2 aromatic carbocycles. The highest BCUT2D eigenvalue weighted by atomic mass is 35.5. The number of nitro groups is 1. The number of carbonyl (C=O) groups excluding carboxylic acids is 1. The molecule has 0 aliphatic carbocycles. The van der Waals surface area contributed by atoms with E-state index in [1.54, 1.807) is 18.2 Å². The number of hydrogen-bond donors (Lipinski definition) is 1. The summed E-state index contributed by atoms with van der Waals surface area (Å²) in [6, 6.07) is 17.4. The molecule has 1 aliphatic rings. The van der Waals surface area contributed by atoms with Gasteiger partial charge in [-0.15, -0.1) is 22.9 Å². The highest BCUT2D eigenvalue weighted by molar-refractivity contribution is 7.22. The fourth-order valence-electron chi connectivity index (χ4n) is 3.57. The molecule has 5 rings (SSSR count). The van der Waals surface area contributed by atoms with Crippen molar-refractivity contribution in [1.82, 2.24) is 15.0 Å². The first-order chi connectivity index (χ1) is 15.0. The number of nitrogens with one attached hydrogen (secondary N) is 1. The number of alkyl halides is 1. The van der Waals surface area contributed by atoms with Gasteiger partial charge in [0.15, 0.2) is 5.82 Å². The third-order valence-electron chi connectivity index (χ3n) is 5.08. The monoisotopic (exact) mass is 451 g/mol. The fraction of sp³-hybridized carbons (Fsp3) is 0.0952. The molecule has 3 heterocycles. The Morgan fingerprint density at radius 2 is 1.84 bits per heavy atom. The molecule has 1 saturated heterocycles. The Morgan fingerprint density at radius 3 is 2.61 bits per heavy atom. The maximum Gasteiger partial charge on any atom is 0.274 e. The minimum atomic E-state index is -0.908. The summed E-state index contributed by atoms with van der Waals surface area (Å²) in [5.74, 6) is 0.0640. The molecule has 10 heteroatoms. The lowest BCUT2D eigenvalue weighted by molar-refractivity contribution is -0.386. The fourth-order valence-corrected chi connectivity index (χ4v) is 4.98. The zero-order valence-corrected chi connectivity index (χ0v) is 17.4. The van der Waals surface area contributed by atoms with Crippen molar-refractivity contribution in [3.63, 3.8) is 0 Å². The predicted octanol–water partition coefficient (Wildman–Crippen LogP) is 4.78. The second-order valence-corrected chi connectivity index (χ2v) is 8.42. The van der Waals surface area contributed by atoms with Gasteiger partial charge in [-0.05, 0) is 17.7 Å². The number of thiophene rings is 1. The van der Waals surface area contributed by atoms with Crippen LogP contribution in [0.1, 0.15) is 11.6 Å². The number of nitrogens with zero attached hydrogens (tertiary/aromatic N) is 4. The van der Waals surface area contributed by atoms with E-state index < -0.39 is 16.3 Å². The summed E-state index contributed by atoms with van der Waals surface area (Å²) in [6.07, 6.45) is 1.41. The minimum absolute atomic E-state index is 0.0900. The van der Waals surface area contributed by atoms with Crippen LogP contribution in [0.4, 0.5) is 11.5 Å². The Morgan fingerprint density at radius 1 is 1.10 bits per heavy atom. The van der Waals surface area contributed by atoms with Gasteiger partial charge in [0, 0.05) is 10.9 Å². The summed E-state index contributed by atoms with van der Waals surface area (Å²) in [5, 5.41) is 11.8. The summed E-state index contributed by atoms with van der Waals surface area (Å²) in [5.41, 5.74) is 5.08. The lowest BCUT2D eigenvalue weighted by atomic mass is 9.94. The third kappa shape index (κ3) is 3.28. The zero-order chi connectivity index (χ0) is 21.5. The van der Waals surface area contributed by atoms with Crippen molar-refractivity contribution in [3.8, 4) is 10.4 Å². The number of aromatic nitrogens is 2. The highest BCUT2D eigenvalue weighted by Gasteiger charge is 2.50. The average Bonchev–Trinajstić information content (AvgIpc) is 3.24. The van der Waals surface area contributed by atoms with Crippen LogP contribution in [-0.2, 0) is 4.79 Å². The molecule has 8 nitrogen and oxygen atoms in total. The second kappa shape index (κ2) is 7.60. The van der Waals surface area contributed by atoms with Gasteiger partial charge in [-0.3, -0.25) is 20.3 Å². The van der Waals surface area contributed by atoms with Gasteiger partial charge in [-0.1, -0.05) is 42.5 Å². The number of β-lactam (4-membered cyclic amide) rings is 1. The van der Waals surface area contributed by atoms with Gasteiger partial charge in [0.2, 0.25) is 0 Å². The van der Waals surface area contributed by atoms with Crippen LogP contribution in [0.3, 0.4) is 0 Å². The van der Waals surface area contributed by atoms with E-state index in [9.17, 15) is 14.9 Å². The lowest BCUT2D eigenvalue weighted by Crippen LogP contribution is -2.58. The number of halogens is 1. The molecule has 31 heavy (non-hydrogen) atoms. The van der Waals surface area contributed by atoms with Gasteiger partial charge in [0.25, 0.3) is 11.6 Å². The zero-order valence-electron chi connectivity index (χ0n) is 15.8. The number of para-hydroxylation sites is 1. The van der Waals surface area contributed by atoms with Crippen molar-refractivity contribution >= 4 is 50.6 Å². The number of hydrazine groups is 1. The van der Waals surface area contributed by atoms with Gasteiger partial charge in [0.05, 0.1) is 20.7 Å². The lowest BCUT2D eigenvalue weighted by Gasteiger charge is -2.43. The first kappa shape index (κ1) is 19.4. The number of hydrogen-bond acceptors (Lipinski definition) is 7. The molecular formula is C21H14ClN5O3S. The summed E-state index contributed by atoms with van der Waals surface area (Å²) < 4.78 is 0.772. The maximum atomic E-state index is 12.5. The van der Waals surface area contributed by atoms with E-state index in [2.05, 4.69) is 15.4 Å². The van der Waals surface area contributed by atoms with Crippen LogP contribution >= 0.6 is 22.9 Å². The number of amides is 1. The number of carbonyl (C=O) groups is 1. The molecular weight excluding hydrogens is 438 g/mol. The first-order valence-corrected chi connectivity index (χ1v) is 10.6. The minimum Gasteiger partial charge on any atom is -0.277 e. The van der Waals surface area contributed by atoms with Crippen LogP contribution in [0.5, 0.6) is 0 Å². The van der Waals surface area contributed by atoms with Gasteiger partial charge in [0.1, 0.15) is 17.7 Å². The van der Waals surface area contributed by atoms with Crippen molar-refractivity contribution in [2.24, 2.45) is 0 Å². The summed E-state index contributed by atoms with van der Waals surface area (Å²) in [4.78, 5) is 33.1. The number of fused-ring (bicyclic) bond motifs is 1. The molecule has 0 spiro atoms. The van der Waals surface area contributed by atoms with Gasteiger partial charge in [-0.2, -0.15) is 0 Å². The SMILES string of the molecule is O=C1C(Cl)C(c2ccccc2[N+](=O)[O-])N1Nc1ncnc2cc(-c3ccccc3)sc12. The topological polar surface area (TPSA) is 101 Å². The second-order valence-electron chi connectivity index (χ2n) is 6.90. The molecule has 1 amide bonds. The van der Waals surface area contributed by atoms with E-state index in [1.807, 2.05) is 36.4 Å². The predicted molar refractivity (Wildman–Crippen MR) is 119 cm³/mol. The van der Waals surface area contributed by atoms with Gasteiger partial charge < -0.3 is 0 Å². The number of nitro benzene ring substituents is 1. The molecule has 2 aromatic heterocycles. The number of benzene rings is 2. The van der Waals surface area contributed by atoms with Crippen LogP contribution in [0, 0.1) is 10.1 Å². The Labute approximate surface area is 185 Å². The van der Waals surface area contributed by atoms with Crippen molar-refractivity contribution in [1.29, 1.82) is 0 Å². The maximum absolute atomic E-state index is 12.5. The van der Waals surface area contributed by atoms with E-state index in [-0.39, 0.29) is 11.6 Å². The molecule has 1 N–H and O–H groups in total. The number of anilines is 1. The third-order valence-corrected chi connectivity index (χ3v) is 6.68. The molecule has 1 fully saturated rings. The summed E-state index contributed by atoms with van der Waals surface area (Å²) in [7, 11) is 0. The van der Waals surface area contributed by atoms with E-state index in [4.69, 9.17) is 11.6 Å². The van der Waals surface area contributed by atoms with E-state index in [0.717, 1.165) is 20.7 Å². The van der Waals surface area contributed by atoms with Crippen LogP contribution in [0.2, 0.25) is 0 Å². The summed E-state index contributed by atoms with van der Waals surface area (Å²) >= 11 is 7.75. The molecule has 1 aliphatic heterocycles. The molecule has 2 unspecified atom stereocenters. The highest BCUT2D eigenvalue weighted by Crippen LogP contribution is 2.43. The van der Waals surface area contributed by atoms with Crippen LogP contribution in [0.25, 0.3) is 20.7 Å². The molecule has 2 atom stereocenters. The Bertz CT molecular complexity index is 1310. The van der Waals surface area contributed by atoms with E-state index in [1.165, 1.54) is 28.7 Å². The van der Waals surface area contributed by atoms with E-state index >= 15 is 0 Å². The molecule has 4 aromatic rings. The molecule has 0 bridgehead atoms. The van der Waals surface area contributed by atoms with Crippen LogP contribution in [0.15, 0.2) is 67.0 Å². The molecule has 0 radical (unpaired) electrons. The smallest absolute Gasteiger partial charge is 0.274 e. The largest absolute Gasteiger partial charge is 0.277 e. The normalized spacial score (nSPS) is 18.1. The average molecular weight is 452 g/mol. The van der Waals surface area contributed by atoms with Crippen molar-refractivity contribution in [2.45, 2.75) is 11.4 Å². The first-order valence-electron chi connectivity index (χ1n) is 9.31. The molecule has 154 valence electrons. The Balaban J connectivity index is 1.51. The van der Waals surface area contributed by atoms with Gasteiger partial charge in [-0.25, -0.2) is 15.0 Å². The van der Waals surface area contributed by atoms with Crippen LogP contribution in [-0.4, -0.2) is 31.2 Å². The summed E-state index contributed by atoms with van der Waals surface area (Å²) in [6.45, 7) is 0. The van der Waals surface area contributed by atoms with Crippen LogP contribution < -0.4 is 5.43 Å². The number of rotatable bonds is 5. The van der Waals surface area contributed by atoms with Gasteiger partial charge >= 0.3 is 0 Å². The molecule has 0 saturated carbocycles. The van der Waals surface area contributed by atoms with Crippen molar-refractivity contribution < 1.29 is 9.72 Å². The quantitative estimate of drug-likeness (QED) is 0.203. The van der Waals surface area contributed by atoms with Crippen molar-refractivity contribution in [3.05, 3.63) is 82.7 Å². The Hall–Kier alpha value is -3.56. The Kier molecular flexibility index (Phi) is 4.76. The van der Waals surface area contributed by atoms with E-state index in [0.29, 0.717) is 11.4 Å². The van der Waals surface area contributed by atoms with Crippen molar-refractivity contribution in [2.75, 3.05) is 5.43 Å². The standard InChI is InChI=1S/C21H14ClN5O3S/c22-17-18(13-8-4-5-9-15(13)27(29)30)26(21(17)28)25-20-19-14(23-11-24-20)10-16(31-19)12-6-2-1-3-7-12/h1-11,17-18H,(H,23,24,25).